The largest absolute Gasteiger partial charge is 0.493 e. The molecule has 0 spiro atoms. The first-order chi connectivity index (χ1) is 12.0. The van der Waals surface area contributed by atoms with Gasteiger partial charge in [-0.1, -0.05) is 6.07 Å². The summed E-state index contributed by atoms with van der Waals surface area (Å²) >= 11 is 0. The van der Waals surface area contributed by atoms with Crippen LogP contribution in [0.1, 0.15) is 29.0 Å². The van der Waals surface area contributed by atoms with Gasteiger partial charge in [0.1, 0.15) is 12.4 Å². The molecule has 0 bridgehead atoms. The third kappa shape index (κ3) is 5.05. The molecule has 0 aliphatic carbocycles. The van der Waals surface area contributed by atoms with Crippen LogP contribution in [0.3, 0.4) is 0 Å². The quantitative estimate of drug-likeness (QED) is 0.667. The van der Waals surface area contributed by atoms with Crippen LogP contribution in [-0.2, 0) is 4.74 Å². The number of aromatic nitrogens is 2. The first kappa shape index (κ1) is 18.5. The summed E-state index contributed by atoms with van der Waals surface area (Å²) in [6.45, 7) is 2.88. The molecular weight excluding hydrogens is 326 g/mol. The molecule has 2 aromatic rings. The maximum atomic E-state index is 10.8. The number of nitrogens with one attached hydrogen (secondary N) is 1. The summed E-state index contributed by atoms with van der Waals surface area (Å²) in [5.74, 6) is 0.633. The van der Waals surface area contributed by atoms with Gasteiger partial charge in [-0.25, -0.2) is 14.8 Å². The fourth-order valence-electron chi connectivity index (χ4n) is 2.13. The molecule has 0 saturated carbocycles. The summed E-state index contributed by atoms with van der Waals surface area (Å²) in [7, 11) is 3.19. The van der Waals surface area contributed by atoms with Gasteiger partial charge in [0.05, 0.1) is 32.2 Å². The molecule has 2 rings (SSSR count). The number of carboxylic acids is 1. The number of carbonyl (C=O) groups is 1. The van der Waals surface area contributed by atoms with E-state index in [1.54, 1.807) is 14.2 Å². The molecule has 1 aromatic carbocycles. The summed E-state index contributed by atoms with van der Waals surface area (Å²) < 4.78 is 15.9. The van der Waals surface area contributed by atoms with Crippen LogP contribution in [0.15, 0.2) is 30.6 Å². The lowest BCUT2D eigenvalue weighted by molar-refractivity contribution is 0.0690. The topological polar surface area (TPSA) is 103 Å². The third-order valence-corrected chi connectivity index (χ3v) is 3.47. The minimum Gasteiger partial charge on any atom is -0.493 e. The summed E-state index contributed by atoms with van der Waals surface area (Å²) in [6.07, 6.45) is 2.60. The Hall–Kier alpha value is -2.87. The van der Waals surface area contributed by atoms with Crippen molar-refractivity contribution in [3.8, 4) is 11.5 Å². The van der Waals surface area contributed by atoms with Crippen molar-refractivity contribution >= 4 is 11.8 Å². The van der Waals surface area contributed by atoms with E-state index in [2.05, 4.69) is 15.3 Å². The fraction of sp³-hybridized carbons (Fsp3) is 0.353. The van der Waals surface area contributed by atoms with Crippen LogP contribution in [0.5, 0.6) is 11.5 Å². The second-order valence-corrected chi connectivity index (χ2v) is 5.21. The molecule has 0 radical (unpaired) electrons. The molecule has 0 amide bonds. The molecule has 1 unspecified atom stereocenters. The van der Waals surface area contributed by atoms with E-state index in [-0.39, 0.29) is 11.7 Å². The molecule has 0 saturated heterocycles. The van der Waals surface area contributed by atoms with E-state index in [4.69, 9.17) is 19.3 Å². The average Bonchev–Trinajstić information content (AvgIpc) is 2.62. The smallest absolute Gasteiger partial charge is 0.356 e. The SMILES string of the molecule is COCCOc1ccc(C(C)Nc2cnc(C(=O)O)cn2)cc1OC. The van der Waals surface area contributed by atoms with E-state index in [1.165, 1.54) is 12.4 Å². The van der Waals surface area contributed by atoms with Crippen molar-refractivity contribution < 1.29 is 24.1 Å². The van der Waals surface area contributed by atoms with Gasteiger partial charge >= 0.3 is 5.97 Å². The number of ether oxygens (including phenoxy) is 3. The Labute approximate surface area is 145 Å². The molecule has 1 heterocycles. The molecule has 0 aliphatic heterocycles. The van der Waals surface area contributed by atoms with E-state index in [0.717, 1.165) is 5.56 Å². The van der Waals surface area contributed by atoms with Crippen LogP contribution < -0.4 is 14.8 Å². The Morgan fingerprint density at radius 2 is 2.00 bits per heavy atom. The van der Waals surface area contributed by atoms with Crippen LogP contribution in [0, 0.1) is 0 Å². The molecular formula is C17H21N3O5. The predicted molar refractivity (Wildman–Crippen MR) is 91.4 cm³/mol. The van der Waals surface area contributed by atoms with Gasteiger partial charge < -0.3 is 24.6 Å². The van der Waals surface area contributed by atoms with E-state index in [0.29, 0.717) is 30.5 Å². The summed E-state index contributed by atoms with van der Waals surface area (Å²) in [5.41, 5.74) is 0.859. The predicted octanol–water partition coefficient (Wildman–Crippen LogP) is 2.38. The van der Waals surface area contributed by atoms with E-state index in [1.807, 2.05) is 25.1 Å². The molecule has 0 fully saturated rings. The number of carboxylic acid groups (broad SMARTS) is 1. The minimum atomic E-state index is -1.11. The average molecular weight is 347 g/mol. The van der Waals surface area contributed by atoms with Crippen LogP contribution in [-0.4, -0.2) is 48.5 Å². The summed E-state index contributed by atoms with van der Waals surface area (Å²) in [6, 6.07) is 5.54. The summed E-state index contributed by atoms with van der Waals surface area (Å²) in [5, 5.41) is 12.0. The molecule has 8 nitrogen and oxygen atoms in total. The monoisotopic (exact) mass is 347 g/mol. The second kappa shape index (κ2) is 8.84. The molecule has 0 aliphatic rings. The highest BCUT2D eigenvalue weighted by Crippen LogP contribution is 2.31. The first-order valence-corrected chi connectivity index (χ1v) is 7.66. The highest BCUT2D eigenvalue weighted by molar-refractivity contribution is 5.84. The molecule has 2 N–H and O–H groups in total. The number of anilines is 1. The van der Waals surface area contributed by atoms with Crippen molar-refractivity contribution in [1.29, 1.82) is 0 Å². The first-order valence-electron chi connectivity index (χ1n) is 7.66. The number of aromatic carboxylic acids is 1. The lowest BCUT2D eigenvalue weighted by Gasteiger charge is -2.17. The van der Waals surface area contributed by atoms with Crippen molar-refractivity contribution in [3.05, 3.63) is 41.9 Å². The van der Waals surface area contributed by atoms with E-state index in [9.17, 15) is 4.79 Å². The lowest BCUT2D eigenvalue weighted by atomic mass is 10.1. The Bertz CT molecular complexity index is 706. The number of rotatable bonds is 9. The van der Waals surface area contributed by atoms with Gasteiger partial charge in [0.15, 0.2) is 17.2 Å². The fourth-order valence-corrected chi connectivity index (χ4v) is 2.13. The Kier molecular flexibility index (Phi) is 6.53. The highest BCUT2D eigenvalue weighted by atomic mass is 16.5. The maximum Gasteiger partial charge on any atom is 0.356 e. The Morgan fingerprint density at radius 3 is 2.60 bits per heavy atom. The molecule has 1 atom stereocenters. The van der Waals surface area contributed by atoms with Crippen LogP contribution >= 0.6 is 0 Å². The van der Waals surface area contributed by atoms with Gasteiger partial charge in [-0.2, -0.15) is 0 Å². The minimum absolute atomic E-state index is 0.0908. The van der Waals surface area contributed by atoms with Gasteiger partial charge in [-0.05, 0) is 24.6 Å². The molecule has 8 heteroatoms. The normalized spacial score (nSPS) is 11.6. The van der Waals surface area contributed by atoms with Gasteiger partial charge in [-0.15, -0.1) is 0 Å². The Balaban J connectivity index is 2.07. The number of benzene rings is 1. The van der Waals surface area contributed by atoms with Crippen molar-refractivity contribution in [2.45, 2.75) is 13.0 Å². The van der Waals surface area contributed by atoms with Gasteiger partial charge in [0, 0.05) is 7.11 Å². The van der Waals surface area contributed by atoms with Crippen molar-refractivity contribution in [3.63, 3.8) is 0 Å². The number of nitrogens with zero attached hydrogens (tertiary/aromatic N) is 2. The zero-order valence-corrected chi connectivity index (χ0v) is 14.4. The molecule has 25 heavy (non-hydrogen) atoms. The van der Waals surface area contributed by atoms with E-state index >= 15 is 0 Å². The number of methoxy groups -OCH3 is 2. The number of hydrogen-bond donors (Lipinski definition) is 2. The van der Waals surface area contributed by atoms with Crippen LogP contribution in [0.2, 0.25) is 0 Å². The Morgan fingerprint density at radius 1 is 1.20 bits per heavy atom. The van der Waals surface area contributed by atoms with Gasteiger partial charge in [0.2, 0.25) is 0 Å². The van der Waals surface area contributed by atoms with Crippen molar-refractivity contribution in [2.24, 2.45) is 0 Å². The zero-order valence-electron chi connectivity index (χ0n) is 14.4. The summed E-state index contributed by atoms with van der Waals surface area (Å²) in [4.78, 5) is 18.7. The second-order valence-electron chi connectivity index (χ2n) is 5.21. The van der Waals surface area contributed by atoms with E-state index < -0.39 is 5.97 Å². The lowest BCUT2D eigenvalue weighted by Crippen LogP contribution is -2.10. The third-order valence-electron chi connectivity index (χ3n) is 3.47. The highest BCUT2D eigenvalue weighted by Gasteiger charge is 2.12. The molecule has 1 aromatic heterocycles. The maximum absolute atomic E-state index is 10.8. The van der Waals surface area contributed by atoms with Gasteiger partial charge in [-0.3, -0.25) is 0 Å². The van der Waals surface area contributed by atoms with Gasteiger partial charge in [0.25, 0.3) is 0 Å². The molecule has 134 valence electrons. The van der Waals surface area contributed by atoms with Crippen LogP contribution in [0.4, 0.5) is 5.82 Å². The number of hydrogen-bond acceptors (Lipinski definition) is 7. The standard InChI is InChI=1S/C17H21N3O5/c1-11(20-16-10-18-13(9-19-16)17(21)22)12-4-5-14(15(8-12)24-3)25-7-6-23-2/h4-5,8-11H,6-7H2,1-3H3,(H,19,20)(H,21,22). The van der Waals surface area contributed by atoms with Crippen molar-refractivity contribution in [2.75, 3.05) is 32.8 Å². The van der Waals surface area contributed by atoms with Crippen molar-refractivity contribution in [1.82, 2.24) is 9.97 Å². The van der Waals surface area contributed by atoms with Crippen LogP contribution in [0.25, 0.3) is 0 Å². The zero-order chi connectivity index (χ0) is 18.2.